The molecular weight excluding hydrogens is 382 g/mol. The topological polar surface area (TPSA) is 114 Å². The summed E-state index contributed by atoms with van der Waals surface area (Å²) in [6.07, 6.45) is 2.06. The van der Waals surface area contributed by atoms with Crippen molar-refractivity contribution < 1.29 is 22.4 Å². The third-order valence-corrected chi connectivity index (χ3v) is 6.01. The number of rotatable bonds is 3. The summed E-state index contributed by atoms with van der Waals surface area (Å²) in [7, 11) is -3.93. The van der Waals surface area contributed by atoms with E-state index in [0.717, 1.165) is 0 Å². The number of nitrogens with two attached hydrogens (primary N) is 1. The van der Waals surface area contributed by atoms with Crippen LogP contribution in [-0.4, -0.2) is 56.2 Å². The first-order chi connectivity index (χ1) is 13.2. The second kappa shape index (κ2) is 7.76. The summed E-state index contributed by atoms with van der Waals surface area (Å²) < 4.78 is 28.8. The van der Waals surface area contributed by atoms with Gasteiger partial charge in [-0.3, -0.25) is 9.59 Å². The van der Waals surface area contributed by atoms with Crippen LogP contribution in [0.2, 0.25) is 0 Å². The molecule has 1 aliphatic heterocycles. The average Bonchev–Trinajstić information content (AvgIpc) is 3.06. The number of nitrogens with zero attached hydrogens (tertiary/aromatic N) is 2. The molecule has 0 aliphatic carbocycles. The van der Waals surface area contributed by atoms with Crippen molar-refractivity contribution >= 4 is 21.8 Å². The fraction of sp³-hybridized carbons (Fsp3) is 0.368. The SMILES string of the molecule is Cc1cc(C(=O)N2CCCN(C(=O)c3ccco3)CC2)cc(S(N)(=O)=O)c1C. The fourth-order valence-electron chi connectivity index (χ4n) is 3.31. The van der Waals surface area contributed by atoms with Crippen LogP contribution >= 0.6 is 0 Å². The third kappa shape index (κ3) is 4.10. The van der Waals surface area contributed by atoms with Gasteiger partial charge in [-0.1, -0.05) is 0 Å². The normalized spacial score (nSPS) is 15.4. The molecule has 8 nitrogen and oxygen atoms in total. The second-order valence-corrected chi connectivity index (χ2v) is 8.41. The molecule has 2 aromatic rings. The van der Waals surface area contributed by atoms with E-state index in [1.165, 1.54) is 12.3 Å². The third-order valence-electron chi connectivity index (χ3n) is 4.98. The molecule has 1 aromatic carbocycles. The highest BCUT2D eigenvalue weighted by Gasteiger charge is 2.26. The Morgan fingerprint density at radius 2 is 1.68 bits per heavy atom. The first kappa shape index (κ1) is 20.1. The van der Waals surface area contributed by atoms with Gasteiger partial charge < -0.3 is 14.2 Å². The molecule has 1 saturated heterocycles. The van der Waals surface area contributed by atoms with Crippen molar-refractivity contribution in [2.75, 3.05) is 26.2 Å². The zero-order chi connectivity index (χ0) is 20.5. The lowest BCUT2D eigenvalue weighted by molar-refractivity contribution is 0.0700. The minimum Gasteiger partial charge on any atom is -0.459 e. The molecule has 2 heterocycles. The molecule has 1 fully saturated rings. The quantitative estimate of drug-likeness (QED) is 0.832. The lowest BCUT2D eigenvalue weighted by atomic mass is 10.1. The average molecular weight is 405 g/mol. The maximum Gasteiger partial charge on any atom is 0.289 e. The van der Waals surface area contributed by atoms with E-state index in [-0.39, 0.29) is 28.0 Å². The van der Waals surface area contributed by atoms with E-state index in [2.05, 4.69) is 0 Å². The van der Waals surface area contributed by atoms with Crippen molar-refractivity contribution in [2.45, 2.75) is 25.2 Å². The van der Waals surface area contributed by atoms with Gasteiger partial charge in [0, 0.05) is 31.7 Å². The van der Waals surface area contributed by atoms with Gasteiger partial charge in [-0.25, -0.2) is 13.6 Å². The number of hydrogen-bond acceptors (Lipinski definition) is 5. The summed E-state index contributed by atoms with van der Waals surface area (Å²) in [5, 5.41) is 5.29. The minimum absolute atomic E-state index is 0.0414. The van der Waals surface area contributed by atoms with Crippen molar-refractivity contribution in [3.8, 4) is 0 Å². The van der Waals surface area contributed by atoms with Crippen LogP contribution in [0.5, 0.6) is 0 Å². The Labute approximate surface area is 164 Å². The molecular formula is C19H23N3O5S. The van der Waals surface area contributed by atoms with Crippen LogP contribution in [0, 0.1) is 13.8 Å². The van der Waals surface area contributed by atoms with Crippen LogP contribution in [0.1, 0.15) is 38.5 Å². The Morgan fingerprint density at radius 1 is 1.04 bits per heavy atom. The van der Waals surface area contributed by atoms with Crippen molar-refractivity contribution in [3.05, 3.63) is 53.0 Å². The van der Waals surface area contributed by atoms with Gasteiger partial charge in [-0.2, -0.15) is 0 Å². The summed E-state index contributed by atoms with van der Waals surface area (Å²) in [4.78, 5) is 28.7. The molecule has 0 bridgehead atoms. The molecule has 2 N–H and O–H groups in total. The number of aryl methyl sites for hydroxylation is 1. The summed E-state index contributed by atoms with van der Waals surface area (Å²) in [6, 6.07) is 6.27. The van der Waals surface area contributed by atoms with Gasteiger partial charge in [-0.05, 0) is 55.7 Å². The number of amides is 2. The molecule has 1 aliphatic rings. The number of benzene rings is 1. The van der Waals surface area contributed by atoms with Crippen molar-refractivity contribution in [1.29, 1.82) is 0 Å². The van der Waals surface area contributed by atoms with E-state index in [9.17, 15) is 18.0 Å². The second-order valence-electron chi connectivity index (χ2n) is 6.88. The highest BCUT2D eigenvalue weighted by molar-refractivity contribution is 7.89. The van der Waals surface area contributed by atoms with E-state index in [0.29, 0.717) is 43.7 Å². The van der Waals surface area contributed by atoms with Crippen LogP contribution in [0.3, 0.4) is 0 Å². The standard InChI is InChI=1S/C19H23N3O5S/c1-13-11-15(12-17(14(13)2)28(20,25)26)18(23)21-6-4-7-22(9-8-21)19(24)16-5-3-10-27-16/h3,5,10-12H,4,6-9H2,1-2H3,(H2,20,25,26). The molecule has 3 rings (SSSR count). The van der Waals surface area contributed by atoms with Crippen LogP contribution in [0.4, 0.5) is 0 Å². The number of hydrogen-bond donors (Lipinski definition) is 1. The Morgan fingerprint density at radius 3 is 2.25 bits per heavy atom. The highest BCUT2D eigenvalue weighted by Crippen LogP contribution is 2.22. The summed E-state index contributed by atoms with van der Waals surface area (Å²) in [6.45, 7) is 5.11. The summed E-state index contributed by atoms with van der Waals surface area (Å²) >= 11 is 0. The van der Waals surface area contributed by atoms with Crippen LogP contribution < -0.4 is 5.14 Å². The van der Waals surface area contributed by atoms with Gasteiger partial charge >= 0.3 is 0 Å². The lowest BCUT2D eigenvalue weighted by Gasteiger charge is -2.22. The van der Waals surface area contributed by atoms with Gasteiger partial charge in [0.25, 0.3) is 11.8 Å². The number of sulfonamides is 1. The lowest BCUT2D eigenvalue weighted by Crippen LogP contribution is -2.37. The number of carbonyl (C=O) groups is 2. The monoisotopic (exact) mass is 405 g/mol. The Kier molecular flexibility index (Phi) is 5.57. The van der Waals surface area contributed by atoms with Crippen LogP contribution in [0.25, 0.3) is 0 Å². The van der Waals surface area contributed by atoms with E-state index < -0.39 is 10.0 Å². The molecule has 28 heavy (non-hydrogen) atoms. The molecule has 9 heteroatoms. The first-order valence-electron chi connectivity index (χ1n) is 8.94. The van der Waals surface area contributed by atoms with Crippen molar-refractivity contribution in [3.63, 3.8) is 0 Å². The molecule has 150 valence electrons. The predicted molar refractivity (Wildman–Crippen MR) is 102 cm³/mol. The number of primary sulfonamides is 1. The van der Waals surface area contributed by atoms with E-state index in [4.69, 9.17) is 9.56 Å². The minimum atomic E-state index is -3.93. The van der Waals surface area contributed by atoms with Crippen molar-refractivity contribution in [2.24, 2.45) is 5.14 Å². The first-order valence-corrected chi connectivity index (χ1v) is 10.5. The Bertz CT molecular complexity index is 999. The summed E-state index contributed by atoms with van der Waals surface area (Å²) in [5.41, 5.74) is 1.49. The molecule has 0 radical (unpaired) electrons. The number of furan rings is 1. The van der Waals surface area contributed by atoms with E-state index in [1.807, 2.05) is 0 Å². The van der Waals surface area contributed by atoms with Gasteiger partial charge in [0.1, 0.15) is 0 Å². The molecule has 0 saturated carbocycles. The molecule has 1 aromatic heterocycles. The van der Waals surface area contributed by atoms with Crippen LogP contribution in [-0.2, 0) is 10.0 Å². The molecule has 0 atom stereocenters. The molecule has 0 spiro atoms. The predicted octanol–water partition coefficient (Wildman–Crippen LogP) is 1.53. The van der Waals surface area contributed by atoms with Crippen LogP contribution in [0.15, 0.2) is 39.8 Å². The van der Waals surface area contributed by atoms with Crippen molar-refractivity contribution in [1.82, 2.24) is 9.80 Å². The largest absolute Gasteiger partial charge is 0.459 e. The Balaban J connectivity index is 1.79. The van der Waals surface area contributed by atoms with E-state index in [1.54, 1.807) is 41.8 Å². The van der Waals surface area contributed by atoms with E-state index >= 15 is 0 Å². The zero-order valence-corrected chi connectivity index (χ0v) is 16.7. The molecule has 0 unspecified atom stereocenters. The van der Waals surface area contributed by atoms with Gasteiger partial charge in [-0.15, -0.1) is 0 Å². The fourth-order valence-corrected chi connectivity index (χ4v) is 4.19. The summed E-state index contributed by atoms with van der Waals surface area (Å²) in [5.74, 6) is -0.214. The zero-order valence-electron chi connectivity index (χ0n) is 15.8. The molecule has 2 amide bonds. The maximum absolute atomic E-state index is 13.0. The number of carbonyl (C=O) groups excluding carboxylic acids is 2. The highest BCUT2D eigenvalue weighted by atomic mass is 32.2. The van der Waals surface area contributed by atoms with Gasteiger partial charge in [0.2, 0.25) is 10.0 Å². The van der Waals surface area contributed by atoms with Gasteiger partial charge in [0.05, 0.1) is 11.2 Å². The Hall–Kier alpha value is -2.65. The maximum atomic E-state index is 13.0. The smallest absolute Gasteiger partial charge is 0.289 e. The van der Waals surface area contributed by atoms with Gasteiger partial charge in [0.15, 0.2) is 5.76 Å².